The number of para-hydroxylation sites is 2. The summed E-state index contributed by atoms with van der Waals surface area (Å²) >= 11 is 0. The number of aromatic nitrogens is 4. The van der Waals surface area contributed by atoms with Gasteiger partial charge in [0.05, 0.1) is 17.4 Å². The molecule has 8 nitrogen and oxygen atoms in total. The Morgan fingerprint density at radius 1 is 1.03 bits per heavy atom. The van der Waals surface area contributed by atoms with E-state index in [-0.39, 0.29) is 17.5 Å². The Morgan fingerprint density at radius 3 is 2.66 bits per heavy atom. The van der Waals surface area contributed by atoms with Crippen molar-refractivity contribution in [2.24, 2.45) is 7.05 Å². The van der Waals surface area contributed by atoms with Crippen molar-refractivity contribution in [1.82, 2.24) is 24.6 Å². The van der Waals surface area contributed by atoms with Crippen LogP contribution >= 0.6 is 0 Å². The van der Waals surface area contributed by atoms with Crippen LogP contribution < -0.4 is 10.6 Å². The molecule has 2 heterocycles. The topological polar surface area (TPSA) is 93.8 Å². The van der Waals surface area contributed by atoms with Crippen molar-refractivity contribution in [3.63, 3.8) is 0 Å². The second-order valence-electron chi connectivity index (χ2n) is 7.61. The Bertz CT molecular complexity index is 1210. The number of aryl methyl sites for hydroxylation is 3. The molecule has 2 aromatic carbocycles. The molecule has 0 aliphatic carbocycles. The fourth-order valence-electron chi connectivity index (χ4n) is 3.53. The largest absolute Gasteiger partial charge is 0.351 e. The van der Waals surface area contributed by atoms with Crippen LogP contribution in [0.5, 0.6) is 0 Å². The lowest BCUT2D eigenvalue weighted by molar-refractivity contribution is -0.116. The van der Waals surface area contributed by atoms with Gasteiger partial charge in [-0.3, -0.25) is 14.3 Å². The number of amides is 2. The minimum absolute atomic E-state index is 0.114. The van der Waals surface area contributed by atoms with Crippen LogP contribution in [0, 0.1) is 0 Å². The van der Waals surface area contributed by atoms with Crippen molar-refractivity contribution in [2.45, 2.75) is 25.8 Å². The van der Waals surface area contributed by atoms with E-state index in [1.165, 1.54) is 4.68 Å². The van der Waals surface area contributed by atoms with Gasteiger partial charge in [-0.25, -0.2) is 4.98 Å². The average Bonchev–Trinajstić information content (AvgIpc) is 3.39. The summed E-state index contributed by atoms with van der Waals surface area (Å²) in [6.45, 7) is 1.27. The fourth-order valence-corrected chi connectivity index (χ4v) is 3.53. The molecule has 2 N–H and O–H groups in total. The van der Waals surface area contributed by atoms with E-state index in [0.29, 0.717) is 25.2 Å². The normalized spacial score (nSPS) is 10.9. The van der Waals surface area contributed by atoms with Gasteiger partial charge in [-0.05, 0) is 30.5 Å². The first-order valence-electron chi connectivity index (χ1n) is 10.7. The molecule has 0 atom stereocenters. The van der Waals surface area contributed by atoms with Gasteiger partial charge in [-0.15, -0.1) is 0 Å². The first-order chi connectivity index (χ1) is 15.6. The minimum Gasteiger partial charge on any atom is -0.351 e. The van der Waals surface area contributed by atoms with Crippen molar-refractivity contribution < 1.29 is 9.59 Å². The second kappa shape index (κ2) is 9.91. The van der Waals surface area contributed by atoms with Crippen molar-refractivity contribution in [3.8, 4) is 0 Å². The van der Waals surface area contributed by atoms with Gasteiger partial charge < -0.3 is 15.2 Å². The molecular formula is C24H26N6O2. The summed E-state index contributed by atoms with van der Waals surface area (Å²) in [5.41, 5.74) is 3.43. The molecule has 0 bridgehead atoms. The summed E-state index contributed by atoms with van der Waals surface area (Å²) in [5.74, 6) is 0.121. The van der Waals surface area contributed by atoms with E-state index in [1.54, 1.807) is 13.1 Å². The smallest absolute Gasteiger partial charge is 0.271 e. The highest BCUT2D eigenvalue weighted by Gasteiger charge is 2.14. The number of carbonyl (C=O) groups is 2. The molecule has 0 saturated heterocycles. The van der Waals surface area contributed by atoms with Crippen molar-refractivity contribution in [2.75, 3.05) is 11.9 Å². The number of anilines is 1. The summed E-state index contributed by atoms with van der Waals surface area (Å²) in [5, 5.41) is 9.94. The molecule has 0 saturated carbocycles. The number of nitrogens with zero attached hydrogens (tertiary/aromatic N) is 4. The number of hydrogen-bond donors (Lipinski definition) is 2. The zero-order chi connectivity index (χ0) is 22.3. The molecule has 0 fully saturated rings. The summed E-state index contributed by atoms with van der Waals surface area (Å²) in [6, 6.07) is 19.4. The molecule has 0 unspecified atom stereocenters. The summed E-state index contributed by atoms with van der Waals surface area (Å²) in [4.78, 5) is 29.1. The minimum atomic E-state index is -0.263. The van der Waals surface area contributed by atoms with Gasteiger partial charge in [0, 0.05) is 32.6 Å². The summed E-state index contributed by atoms with van der Waals surface area (Å²) in [6.07, 6.45) is 3.60. The van der Waals surface area contributed by atoms with E-state index < -0.39 is 0 Å². The molecule has 0 aliphatic heterocycles. The lowest BCUT2D eigenvalue weighted by atomic mass is 10.1. The zero-order valence-electron chi connectivity index (χ0n) is 18.0. The lowest BCUT2D eigenvalue weighted by Crippen LogP contribution is -2.25. The maximum atomic E-state index is 12.5. The van der Waals surface area contributed by atoms with E-state index in [2.05, 4.69) is 25.3 Å². The predicted octanol–water partition coefficient (Wildman–Crippen LogP) is 3.16. The zero-order valence-corrected chi connectivity index (χ0v) is 18.0. The molecular weight excluding hydrogens is 404 g/mol. The first kappa shape index (κ1) is 21.3. The number of fused-ring (bicyclic) bond motifs is 1. The molecule has 0 spiro atoms. The predicted molar refractivity (Wildman–Crippen MR) is 123 cm³/mol. The highest BCUT2D eigenvalue weighted by Crippen LogP contribution is 2.13. The van der Waals surface area contributed by atoms with Crippen LogP contribution in [-0.4, -0.2) is 37.7 Å². The molecule has 164 valence electrons. The molecule has 0 radical (unpaired) electrons. The van der Waals surface area contributed by atoms with E-state index >= 15 is 0 Å². The van der Waals surface area contributed by atoms with E-state index in [1.807, 2.05) is 60.9 Å². The summed E-state index contributed by atoms with van der Waals surface area (Å²) < 4.78 is 3.58. The van der Waals surface area contributed by atoms with Crippen LogP contribution in [0.3, 0.4) is 0 Å². The fraction of sp³-hybridized carbons (Fsp3) is 0.250. The quantitative estimate of drug-likeness (QED) is 0.399. The SMILES string of the molecule is Cn1nc(C(=O)NCCCn2cnc3ccccc32)cc1NC(=O)CCc1ccccc1. The van der Waals surface area contributed by atoms with Crippen LogP contribution in [-0.2, 0) is 24.8 Å². The van der Waals surface area contributed by atoms with Gasteiger partial charge >= 0.3 is 0 Å². The standard InChI is InChI=1S/C24H26N6O2/c1-29-22(27-23(31)13-12-18-8-3-2-4-9-18)16-20(28-29)24(32)25-14-7-15-30-17-26-19-10-5-6-11-21(19)30/h2-6,8-11,16-17H,7,12-15H2,1H3,(H,25,32)(H,27,31). The number of hydrogen-bond acceptors (Lipinski definition) is 4. The Morgan fingerprint density at radius 2 is 1.81 bits per heavy atom. The van der Waals surface area contributed by atoms with Crippen LogP contribution in [0.1, 0.15) is 28.9 Å². The van der Waals surface area contributed by atoms with Gasteiger partial charge in [0.2, 0.25) is 5.91 Å². The Balaban J connectivity index is 1.24. The van der Waals surface area contributed by atoms with Crippen LogP contribution in [0.25, 0.3) is 11.0 Å². The van der Waals surface area contributed by atoms with Gasteiger partial charge in [0.1, 0.15) is 5.82 Å². The maximum absolute atomic E-state index is 12.5. The highest BCUT2D eigenvalue weighted by molar-refractivity contribution is 5.95. The van der Waals surface area contributed by atoms with Crippen LogP contribution in [0.15, 0.2) is 67.0 Å². The molecule has 8 heteroatoms. The third kappa shape index (κ3) is 5.21. The van der Waals surface area contributed by atoms with Gasteiger partial charge in [-0.1, -0.05) is 42.5 Å². The first-order valence-corrected chi connectivity index (χ1v) is 10.7. The molecule has 2 amide bonds. The Labute approximate surface area is 186 Å². The van der Waals surface area contributed by atoms with Crippen LogP contribution in [0.4, 0.5) is 5.82 Å². The third-order valence-corrected chi connectivity index (χ3v) is 5.25. The third-order valence-electron chi connectivity index (χ3n) is 5.25. The number of rotatable bonds is 9. The Hall–Kier alpha value is -3.94. The van der Waals surface area contributed by atoms with Gasteiger partial charge in [-0.2, -0.15) is 5.10 Å². The Kier molecular flexibility index (Phi) is 6.60. The maximum Gasteiger partial charge on any atom is 0.271 e. The van der Waals surface area contributed by atoms with Gasteiger partial charge in [0.15, 0.2) is 5.69 Å². The van der Waals surface area contributed by atoms with Crippen LogP contribution in [0.2, 0.25) is 0 Å². The van der Waals surface area contributed by atoms with E-state index in [9.17, 15) is 9.59 Å². The average molecular weight is 431 g/mol. The van der Waals surface area contributed by atoms with E-state index in [4.69, 9.17) is 0 Å². The highest BCUT2D eigenvalue weighted by atomic mass is 16.2. The monoisotopic (exact) mass is 430 g/mol. The number of nitrogens with one attached hydrogen (secondary N) is 2. The van der Waals surface area contributed by atoms with Crippen molar-refractivity contribution >= 4 is 28.7 Å². The van der Waals surface area contributed by atoms with Crippen molar-refractivity contribution in [3.05, 3.63) is 78.2 Å². The number of carbonyl (C=O) groups excluding carboxylic acids is 2. The molecule has 4 aromatic rings. The number of imidazole rings is 1. The molecule has 4 rings (SSSR count). The molecule has 32 heavy (non-hydrogen) atoms. The second-order valence-corrected chi connectivity index (χ2v) is 7.61. The van der Waals surface area contributed by atoms with Gasteiger partial charge in [0.25, 0.3) is 5.91 Å². The molecule has 2 aromatic heterocycles. The number of benzene rings is 2. The lowest BCUT2D eigenvalue weighted by Gasteiger charge is -2.05. The van der Waals surface area contributed by atoms with E-state index in [0.717, 1.165) is 29.6 Å². The summed E-state index contributed by atoms with van der Waals surface area (Å²) in [7, 11) is 1.70. The molecule has 0 aliphatic rings. The van der Waals surface area contributed by atoms with Crippen molar-refractivity contribution in [1.29, 1.82) is 0 Å².